The number of nitrogens with zero attached hydrogens (tertiary/aromatic N) is 2. The summed E-state index contributed by atoms with van der Waals surface area (Å²) in [5.41, 5.74) is 20.4. The monoisotopic (exact) mass is 930 g/mol. The molecule has 0 aliphatic rings. The Morgan fingerprint density at radius 2 is 0.753 bits per heavy atom. The lowest BCUT2D eigenvalue weighted by Gasteiger charge is -2.26. The summed E-state index contributed by atoms with van der Waals surface area (Å²) in [5, 5.41) is 7.25. The number of para-hydroxylation sites is 3. The zero-order valence-corrected chi connectivity index (χ0v) is 39.9. The van der Waals surface area contributed by atoms with Gasteiger partial charge in [-0.25, -0.2) is 0 Å². The van der Waals surface area contributed by atoms with Crippen LogP contribution in [0.2, 0.25) is 0 Å². The Bertz CT molecular complexity index is 4340. The second-order valence-electron chi connectivity index (χ2n) is 18.9. The van der Waals surface area contributed by atoms with E-state index in [0.29, 0.717) is 0 Å². The highest BCUT2D eigenvalue weighted by Crippen LogP contribution is 2.42. The number of fused-ring (bicyclic) bond motifs is 7. The predicted molar refractivity (Wildman–Crippen MR) is 307 cm³/mol. The van der Waals surface area contributed by atoms with E-state index in [1.807, 2.05) is 12.1 Å². The summed E-state index contributed by atoms with van der Waals surface area (Å²) in [6.07, 6.45) is 0. The number of benzene rings is 12. The lowest BCUT2D eigenvalue weighted by molar-refractivity contribution is 0.669. The molecule has 0 aliphatic carbocycles. The third-order valence-corrected chi connectivity index (χ3v) is 14.6. The minimum atomic E-state index is 0.895. The SMILES string of the molecule is c1ccc(-n2c3ccccc3c3cc(-c4ccc(N(c5ccc(-c6ccc(-c7cccc(-c8ccc9ccccc9c8)c7)cc6)cc5)c5ccc(-c6cccc7oc8ccccc8c67)cc5)cc4)ccc32)cc1. The van der Waals surface area contributed by atoms with Crippen molar-refractivity contribution in [2.45, 2.75) is 0 Å². The van der Waals surface area contributed by atoms with Crippen molar-refractivity contribution in [2.24, 2.45) is 0 Å². The van der Waals surface area contributed by atoms with Gasteiger partial charge in [0.25, 0.3) is 0 Å². The van der Waals surface area contributed by atoms with E-state index < -0.39 is 0 Å². The van der Waals surface area contributed by atoms with E-state index in [1.54, 1.807) is 0 Å². The van der Waals surface area contributed by atoms with Crippen LogP contribution in [0.5, 0.6) is 0 Å². The molecule has 0 spiro atoms. The highest BCUT2D eigenvalue weighted by Gasteiger charge is 2.18. The van der Waals surface area contributed by atoms with Gasteiger partial charge in [0.1, 0.15) is 11.2 Å². The Morgan fingerprint density at radius 1 is 0.274 bits per heavy atom. The van der Waals surface area contributed by atoms with Crippen LogP contribution >= 0.6 is 0 Å². The second-order valence-corrected chi connectivity index (χ2v) is 18.9. The summed E-state index contributed by atoms with van der Waals surface area (Å²) in [5.74, 6) is 0. The molecular formula is C70H46N2O. The van der Waals surface area contributed by atoms with Crippen LogP contribution in [0.15, 0.2) is 283 Å². The smallest absolute Gasteiger partial charge is 0.136 e. The van der Waals surface area contributed by atoms with Gasteiger partial charge >= 0.3 is 0 Å². The fourth-order valence-corrected chi connectivity index (χ4v) is 11.0. The topological polar surface area (TPSA) is 21.3 Å². The van der Waals surface area contributed by atoms with Crippen molar-refractivity contribution < 1.29 is 4.42 Å². The van der Waals surface area contributed by atoms with E-state index >= 15 is 0 Å². The Labute approximate surface area is 423 Å². The zero-order chi connectivity index (χ0) is 48.2. The van der Waals surface area contributed by atoms with Gasteiger partial charge < -0.3 is 13.9 Å². The van der Waals surface area contributed by atoms with Crippen LogP contribution in [-0.4, -0.2) is 4.57 Å². The van der Waals surface area contributed by atoms with Crippen LogP contribution < -0.4 is 4.90 Å². The molecule has 0 aliphatic heterocycles. The lowest BCUT2D eigenvalue weighted by atomic mass is 9.96. The van der Waals surface area contributed by atoms with E-state index in [1.165, 1.54) is 66.0 Å². The van der Waals surface area contributed by atoms with Crippen LogP contribution in [0.4, 0.5) is 17.1 Å². The van der Waals surface area contributed by atoms with Gasteiger partial charge in [0.05, 0.1) is 11.0 Å². The maximum atomic E-state index is 6.28. The quantitative estimate of drug-likeness (QED) is 0.144. The van der Waals surface area contributed by atoms with Crippen LogP contribution in [0.25, 0.3) is 116 Å². The third-order valence-electron chi connectivity index (χ3n) is 14.6. The molecule has 0 amide bonds. The Balaban J connectivity index is 0.801. The van der Waals surface area contributed by atoms with Gasteiger partial charge in [-0.1, -0.05) is 188 Å². The maximum absolute atomic E-state index is 6.28. The Kier molecular flexibility index (Phi) is 10.2. The molecule has 14 rings (SSSR count). The molecule has 0 bridgehead atoms. The molecule has 342 valence electrons. The summed E-state index contributed by atoms with van der Waals surface area (Å²) in [6, 6.07) is 101. The highest BCUT2D eigenvalue weighted by atomic mass is 16.3. The molecule has 12 aromatic carbocycles. The summed E-state index contributed by atoms with van der Waals surface area (Å²) in [4.78, 5) is 2.35. The van der Waals surface area contributed by atoms with Crippen molar-refractivity contribution in [1.82, 2.24) is 4.57 Å². The van der Waals surface area contributed by atoms with Crippen LogP contribution in [0.3, 0.4) is 0 Å². The molecule has 3 heteroatoms. The zero-order valence-electron chi connectivity index (χ0n) is 39.9. The molecule has 14 aromatic rings. The van der Waals surface area contributed by atoms with Gasteiger partial charge in [-0.3, -0.25) is 0 Å². The number of hydrogen-bond acceptors (Lipinski definition) is 2. The molecule has 0 saturated heterocycles. The molecule has 0 radical (unpaired) electrons. The van der Waals surface area contributed by atoms with Crippen molar-refractivity contribution in [3.63, 3.8) is 0 Å². The molecule has 0 N–H and O–H groups in total. The van der Waals surface area contributed by atoms with Crippen LogP contribution in [-0.2, 0) is 0 Å². The maximum Gasteiger partial charge on any atom is 0.136 e. The van der Waals surface area contributed by atoms with E-state index in [9.17, 15) is 0 Å². The van der Waals surface area contributed by atoms with Crippen LogP contribution in [0, 0.1) is 0 Å². The highest BCUT2D eigenvalue weighted by molar-refractivity contribution is 6.13. The van der Waals surface area contributed by atoms with Crippen molar-refractivity contribution in [3.05, 3.63) is 279 Å². The van der Waals surface area contributed by atoms with Gasteiger partial charge in [0.2, 0.25) is 0 Å². The van der Waals surface area contributed by atoms with Crippen molar-refractivity contribution >= 4 is 71.6 Å². The second kappa shape index (κ2) is 17.6. The number of anilines is 3. The number of rotatable bonds is 9. The molecule has 0 unspecified atom stereocenters. The summed E-state index contributed by atoms with van der Waals surface area (Å²) < 4.78 is 8.65. The average molecular weight is 931 g/mol. The van der Waals surface area contributed by atoms with Crippen LogP contribution in [0.1, 0.15) is 0 Å². The van der Waals surface area contributed by atoms with Gasteiger partial charge in [-0.05, 0) is 157 Å². The molecule has 3 nitrogen and oxygen atoms in total. The minimum Gasteiger partial charge on any atom is -0.456 e. The fraction of sp³-hybridized carbons (Fsp3) is 0. The van der Waals surface area contributed by atoms with E-state index in [4.69, 9.17) is 4.42 Å². The first-order chi connectivity index (χ1) is 36.2. The summed E-state index contributed by atoms with van der Waals surface area (Å²) in [7, 11) is 0. The predicted octanol–water partition coefficient (Wildman–Crippen LogP) is 19.6. The molecule has 2 aromatic heterocycles. The molecule has 0 saturated carbocycles. The van der Waals surface area contributed by atoms with E-state index in [0.717, 1.165) is 66.9 Å². The molecule has 73 heavy (non-hydrogen) atoms. The number of aromatic nitrogens is 1. The standard InChI is InChI=1S/C70H46N2O/c1-2-16-58(17-3-1)72-66-21-8-6-18-63(66)65-46-57(36-43-67(65)72)51-32-39-60(40-33-51)71(61-41-34-52(35-42-61)62-20-11-23-69-70(62)64-19-7-9-22-68(64)73-69)59-37-30-49(31-38-59)48-24-26-50(27-25-48)54-14-10-15-55(44-54)56-29-28-47-12-4-5-13-53(47)45-56/h1-46H. The Hall–Kier alpha value is -9.70. The van der Waals surface area contributed by atoms with Gasteiger partial charge in [-0.15, -0.1) is 0 Å². The minimum absolute atomic E-state index is 0.895. The first kappa shape index (κ1) is 42.2. The molecule has 2 heterocycles. The number of hydrogen-bond donors (Lipinski definition) is 0. The van der Waals surface area contributed by atoms with Crippen molar-refractivity contribution in [1.29, 1.82) is 0 Å². The Morgan fingerprint density at radius 3 is 1.47 bits per heavy atom. The lowest BCUT2D eigenvalue weighted by Crippen LogP contribution is -2.09. The summed E-state index contributed by atoms with van der Waals surface area (Å²) in [6.45, 7) is 0. The van der Waals surface area contributed by atoms with Gasteiger partial charge in [0.15, 0.2) is 0 Å². The summed E-state index contributed by atoms with van der Waals surface area (Å²) >= 11 is 0. The van der Waals surface area contributed by atoms with Gasteiger partial charge in [-0.2, -0.15) is 0 Å². The largest absolute Gasteiger partial charge is 0.456 e. The van der Waals surface area contributed by atoms with E-state index in [-0.39, 0.29) is 0 Å². The first-order valence-corrected chi connectivity index (χ1v) is 25.0. The molecule has 0 atom stereocenters. The number of furan rings is 1. The molecular weight excluding hydrogens is 885 g/mol. The fourth-order valence-electron chi connectivity index (χ4n) is 11.0. The van der Waals surface area contributed by atoms with E-state index in [2.05, 4.69) is 276 Å². The van der Waals surface area contributed by atoms with Crippen molar-refractivity contribution in [2.75, 3.05) is 4.90 Å². The average Bonchev–Trinajstić information content (AvgIpc) is 4.02. The van der Waals surface area contributed by atoms with Gasteiger partial charge in [0, 0.05) is 44.3 Å². The third kappa shape index (κ3) is 7.54. The first-order valence-electron chi connectivity index (χ1n) is 25.0. The van der Waals surface area contributed by atoms with Crippen molar-refractivity contribution in [3.8, 4) is 61.3 Å². The molecule has 0 fully saturated rings. The normalized spacial score (nSPS) is 11.6.